The molecule has 3 heteroatoms. The quantitative estimate of drug-likeness (QED) is 0.697. The summed E-state index contributed by atoms with van der Waals surface area (Å²) in [7, 11) is 0. The predicted molar refractivity (Wildman–Crippen MR) is 80.6 cm³/mol. The molecule has 0 aromatic carbocycles. The van der Waals surface area contributed by atoms with Crippen LogP contribution in [0.1, 0.15) is 59.8 Å². The van der Waals surface area contributed by atoms with Gasteiger partial charge in [-0.25, -0.2) is 0 Å². The van der Waals surface area contributed by atoms with Crippen LogP contribution in [0.25, 0.3) is 0 Å². The summed E-state index contributed by atoms with van der Waals surface area (Å²) in [5.41, 5.74) is -0.0000104. The lowest BCUT2D eigenvalue weighted by Crippen LogP contribution is -2.55. The molecule has 0 saturated carbocycles. The van der Waals surface area contributed by atoms with Gasteiger partial charge in [-0.2, -0.15) is 0 Å². The number of hydrogen-bond acceptors (Lipinski definition) is 3. The van der Waals surface area contributed by atoms with E-state index in [-0.39, 0.29) is 5.60 Å². The zero-order chi connectivity index (χ0) is 14.1. The van der Waals surface area contributed by atoms with Gasteiger partial charge in [0.1, 0.15) is 0 Å². The Morgan fingerprint density at radius 3 is 2.37 bits per heavy atom. The van der Waals surface area contributed by atoms with E-state index >= 15 is 0 Å². The van der Waals surface area contributed by atoms with Crippen LogP contribution in [0.5, 0.6) is 0 Å². The molecular formula is C16H33NO2. The van der Waals surface area contributed by atoms with Gasteiger partial charge < -0.3 is 14.8 Å². The molecule has 0 aromatic rings. The fourth-order valence-corrected chi connectivity index (χ4v) is 3.13. The summed E-state index contributed by atoms with van der Waals surface area (Å²) in [6, 6.07) is 0.472. The summed E-state index contributed by atoms with van der Waals surface area (Å²) in [4.78, 5) is 0. The molecule has 114 valence electrons. The van der Waals surface area contributed by atoms with Crippen molar-refractivity contribution in [3.8, 4) is 0 Å². The van der Waals surface area contributed by atoms with Crippen LogP contribution in [0.4, 0.5) is 0 Å². The summed E-state index contributed by atoms with van der Waals surface area (Å²) in [5, 5.41) is 3.67. The van der Waals surface area contributed by atoms with Crippen molar-refractivity contribution in [2.45, 2.75) is 71.4 Å². The minimum atomic E-state index is -0.0000104. The molecule has 1 aliphatic rings. The summed E-state index contributed by atoms with van der Waals surface area (Å²) in [6.45, 7) is 12.4. The monoisotopic (exact) mass is 271 g/mol. The Bertz CT molecular complexity index is 219. The third-order valence-corrected chi connectivity index (χ3v) is 4.13. The predicted octanol–water partition coefficient (Wildman–Crippen LogP) is 3.38. The Morgan fingerprint density at radius 1 is 1.16 bits per heavy atom. The van der Waals surface area contributed by atoms with Gasteiger partial charge in [0.15, 0.2) is 0 Å². The van der Waals surface area contributed by atoms with Crippen LogP contribution < -0.4 is 5.32 Å². The van der Waals surface area contributed by atoms with Gasteiger partial charge in [-0.1, -0.05) is 33.6 Å². The number of rotatable bonds is 9. The highest BCUT2D eigenvalue weighted by Crippen LogP contribution is 2.31. The first-order valence-electron chi connectivity index (χ1n) is 8.09. The van der Waals surface area contributed by atoms with Crippen LogP contribution >= 0.6 is 0 Å². The average molecular weight is 271 g/mol. The summed E-state index contributed by atoms with van der Waals surface area (Å²) < 4.78 is 11.7. The van der Waals surface area contributed by atoms with Crippen LogP contribution in [-0.2, 0) is 9.47 Å². The molecule has 1 fully saturated rings. The minimum Gasteiger partial charge on any atom is -0.381 e. The van der Waals surface area contributed by atoms with Crippen molar-refractivity contribution in [1.29, 1.82) is 0 Å². The molecule has 0 bridgehead atoms. The van der Waals surface area contributed by atoms with Gasteiger partial charge in [-0.3, -0.25) is 0 Å². The molecule has 3 nitrogen and oxygen atoms in total. The molecule has 0 amide bonds. The first-order valence-corrected chi connectivity index (χ1v) is 8.09. The van der Waals surface area contributed by atoms with E-state index in [9.17, 15) is 0 Å². The Kier molecular flexibility index (Phi) is 7.96. The lowest BCUT2D eigenvalue weighted by atomic mass is 9.82. The second kappa shape index (κ2) is 8.93. The van der Waals surface area contributed by atoms with Gasteiger partial charge in [0.05, 0.1) is 5.60 Å². The zero-order valence-corrected chi connectivity index (χ0v) is 13.3. The first kappa shape index (κ1) is 16.9. The molecule has 1 heterocycles. The highest BCUT2D eigenvalue weighted by atomic mass is 16.5. The standard InChI is InChI=1S/C16H33NO2/c1-5-17-15(9-7-8-14(3)4)16(19-6-2)10-12-18-13-11-16/h14-15,17H,5-13H2,1-4H3. The van der Waals surface area contributed by atoms with Crippen molar-refractivity contribution in [1.82, 2.24) is 5.32 Å². The highest BCUT2D eigenvalue weighted by Gasteiger charge is 2.40. The van der Waals surface area contributed by atoms with Crippen LogP contribution in [0, 0.1) is 5.92 Å². The van der Waals surface area contributed by atoms with Crippen LogP contribution in [0.3, 0.4) is 0 Å². The molecule has 0 aliphatic carbocycles. The zero-order valence-electron chi connectivity index (χ0n) is 13.3. The van der Waals surface area contributed by atoms with Crippen molar-refractivity contribution >= 4 is 0 Å². The van der Waals surface area contributed by atoms with Gasteiger partial charge >= 0.3 is 0 Å². The van der Waals surface area contributed by atoms with Crippen molar-refractivity contribution in [3.63, 3.8) is 0 Å². The van der Waals surface area contributed by atoms with Gasteiger partial charge in [0.25, 0.3) is 0 Å². The number of hydrogen-bond donors (Lipinski definition) is 1. The van der Waals surface area contributed by atoms with Gasteiger partial charge in [0, 0.05) is 38.7 Å². The topological polar surface area (TPSA) is 30.5 Å². The van der Waals surface area contributed by atoms with E-state index in [1.54, 1.807) is 0 Å². The van der Waals surface area contributed by atoms with E-state index in [4.69, 9.17) is 9.47 Å². The number of likely N-dealkylation sites (N-methyl/N-ethyl adjacent to an activating group) is 1. The van der Waals surface area contributed by atoms with Crippen LogP contribution in [-0.4, -0.2) is 38.0 Å². The largest absolute Gasteiger partial charge is 0.381 e. The second-order valence-electron chi connectivity index (χ2n) is 6.05. The third kappa shape index (κ3) is 5.41. The molecule has 0 aromatic heterocycles. The number of nitrogens with one attached hydrogen (secondary N) is 1. The molecule has 0 spiro atoms. The lowest BCUT2D eigenvalue weighted by molar-refractivity contribution is -0.128. The van der Waals surface area contributed by atoms with E-state index in [2.05, 4.69) is 33.0 Å². The van der Waals surface area contributed by atoms with E-state index in [0.717, 1.165) is 45.1 Å². The Balaban J connectivity index is 2.62. The SMILES string of the molecule is CCNC(CCCC(C)C)C1(OCC)CCOCC1. The maximum atomic E-state index is 6.20. The van der Waals surface area contributed by atoms with Crippen molar-refractivity contribution in [3.05, 3.63) is 0 Å². The fourth-order valence-electron chi connectivity index (χ4n) is 3.13. The second-order valence-corrected chi connectivity index (χ2v) is 6.05. The molecule has 19 heavy (non-hydrogen) atoms. The molecule has 1 rings (SSSR count). The normalized spacial score (nSPS) is 20.7. The van der Waals surface area contributed by atoms with E-state index in [0.29, 0.717) is 6.04 Å². The molecule has 1 aliphatic heterocycles. The Hall–Kier alpha value is -0.120. The lowest BCUT2D eigenvalue weighted by Gasteiger charge is -2.43. The minimum absolute atomic E-state index is 0.0000104. The van der Waals surface area contributed by atoms with Gasteiger partial charge in [-0.15, -0.1) is 0 Å². The van der Waals surface area contributed by atoms with E-state index in [1.807, 2.05) is 0 Å². The molecule has 1 saturated heterocycles. The van der Waals surface area contributed by atoms with Crippen LogP contribution in [0.2, 0.25) is 0 Å². The van der Waals surface area contributed by atoms with Crippen molar-refractivity contribution in [2.24, 2.45) is 5.92 Å². The molecule has 1 unspecified atom stereocenters. The molecular weight excluding hydrogens is 238 g/mol. The van der Waals surface area contributed by atoms with Gasteiger partial charge in [0.2, 0.25) is 0 Å². The Morgan fingerprint density at radius 2 is 1.84 bits per heavy atom. The van der Waals surface area contributed by atoms with E-state index < -0.39 is 0 Å². The van der Waals surface area contributed by atoms with Crippen LogP contribution in [0.15, 0.2) is 0 Å². The summed E-state index contributed by atoms with van der Waals surface area (Å²) >= 11 is 0. The summed E-state index contributed by atoms with van der Waals surface area (Å²) in [5.74, 6) is 0.792. The Labute approximate surface area is 119 Å². The smallest absolute Gasteiger partial charge is 0.0878 e. The van der Waals surface area contributed by atoms with Crippen molar-refractivity contribution < 1.29 is 9.47 Å². The average Bonchev–Trinajstić information content (AvgIpc) is 2.39. The molecule has 0 radical (unpaired) electrons. The van der Waals surface area contributed by atoms with Gasteiger partial charge in [-0.05, 0) is 25.8 Å². The van der Waals surface area contributed by atoms with Crippen molar-refractivity contribution in [2.75, 3.05) is 26.4 Å². The highest BCUT2D eigenvalue weighted by molar-refractivity contribution is 4.95. The maximum absolute atomic E-state index is 6.20. The van der Waals surface area contributed by atoms with E-state index in [1.165, 1.54) is 19.3 Å². The third-order valence-electron chi connectivity index (χ3n) is 4.13. The molecule has 1 atom stereocenters. The fraction of sp³-hybridized carbons (Fsp3) is 1.00. The summed E-state index contributed by atoms with van der Waals surface area (Å²) in [6.07, 6.45) is 5.86. The molecule has 1 N–H and O–H groups in total. The maximum Gasteiger partial charge on any atom is 0.0878 e. The first-order chi connectivity index (χ1) is 9.14. The number of ether oxygens (including phenoxy) is 2.